The summed E-state index contributed by atoms with van der Waals surface area (Å²) in [5.41, 5.74) is 0. The Morgan fingerprint density at radius 2 is 1.06 bits per heavy atom. The summed E-state index contributed by atoms with van der Waals surface area (Å²) in [5.74, 6) is -3.24. The standard InChI is InChI=1S/C45H68O8/c1-5-7-9-11-13-15-17-19-21-23-25-27-29-31-33-35-39(46)50-42-41(38-37-49-45(3,4)53-38)52-44(48)43(42)51-40(47)36-34-32-30-28-26-24-22-20-18-16-14-12-10-8-6-2/h7-10,13-16,19-22,38,41H,5-6,11-12,17-18,23-37H2,1-4H3. The number of hydrogen-bond donors (Lipinski definition) is 0. The molecule has 2 heterocycles. The molecule has 0 spiro atoms. The van der Waals surface area contributed by atoms with Crippen molar-refractivity contribution >= 4 is 17.9 Å². The number of esters is 3. The highest BCUT2D eigenvalue weighted by molar-refractivity contribution is 5.93. The van der Waals surface area contributed by atoms with Crippen LogP contribution in [0, 0.1) is 0 Å². The second kappa shape index (κ2) is 28.9. The zero-order valence-corrected chi connectivity index (χ0v) is 33.2. The molecule has 296 valence electrons. The van der Waals surface area contributed by atoms with E-state index in [1.54, 1.807) is 13.8 Å². The second-order valence-corrected chi connectivity index (χ2v) is 14.0. The molecule has 2 unspecified atom stereocenters. The Bertz CT molecular complexity index is 1260. The summed E-state index contributed by atoms with van der Waals surface area (Å²) >= 11 is 0. The molecule has 0 aromatic carbocycles. The first-order valence-electron chi connectivity index (χ1n) is 20.4. The van der Waals surface area contributed by atoms with Crippen LogP contribution in [0.2, 0.25) is 0 Å². The van der Waals surface area contributed by atoms with E-state index in [0.29, 0.717) is 12.8 Å². The molecule has 2 rings (SSSR count). The first-order valence-corrected chi connectivity index (χ1v) is 20.4. The van der Waals surface area contributed by atoms with Crippen LogP contribution < -0.4 is 0 Å². The third-order valence-corrected chi connectivity index (χ3v) is 8.77. The number of ether oxygens (including phenoxy) is 5. The molecule has 2 atom stereocenters. The van der Waals surface area contributed by atoms with Gasteiger partial charge in [-0.25, -0.2) is 4.79 Å². The maximum atomic E-state index is 12.9. The summed E-state index contributed by atoms with van der Waals surface area (Å²) in [7, 11) is 0. The first-order chi connectivity index (χ1) is 25.8. The first kappa shape index (κ1) is 45.7. The van der Waals surface area contributed by atoms with Crippen LogP contribution in [0.5, 0.6) is 0 Å². The minimum atomic E-state index is -1.04. The molecule has 53 heavy (non-hydrogen) atoms. The van der Waals surface area contributed by atoms with Gasteiger partial charge >= 0.3 is 17.9 Å². The van der Waals surface area contributed by atoms with Gasteiger partial charge in [0.25, 0.3) is 5.76 Å². The molecule has 0 aromatic rings. The summed E-state index contributed by atoms with van der Waals surface area (Å²) < 4.78 is 28.3. The molecule has 0 N–H and O–H groups in total. The lowest BCUT2D eigenvalue weighted by molar-refractivity contribution is -0.165. The Labute approximate surface area is 320 Å². The third kappa shape index (κ3) is 21.7. The summed E-state index contributed by atoms with van der Waals surface area (Å²) in [6, 6.07) is 0. The third-order valence-electron chi connectivity index (χ3n) is 8.77. The molecule has 8 nitrogen and oxygen atoms in total. The van der Waals surface area contributed by atoms with E-state index in [4.69, 9.17) is 23.7 Å². The summed E-state index contributed by atoms with van der Waals surface area (Å²) in [6.07, 6.45) is 42.7. The summed E-state index contributed by atoms with van der Waals surface area (Å²) in [5, 5.41) is 0. The van der Waals surface area contributed by atoms with E-state index < -0.39 is 35.9 Å². The van der Waals surface area contributed by atoms with E-state index in [1.165, 1.54) is 0 Å². The van der Waals surface area contributed by atoms with Crippen LogP contribution in [0.3, 0.4) is 0 Å². The average Bonchev–Trinajstić information content (AvgIpc) is 3.65. The predicted octanol–water partition coefficient (Wildman–Crippen LogP) is 11.5. The maximum absolute atomic E-state index is 12.9. The molecular formula is C45H68O8. The molecule has 0 radical (unpaired) electrons. The Hall–Kier alpha value is -3.49. The van der Waals surface area contributed by atoms with Gasteiger partial charge in [0.1, 0.15) is 6.10 Å². The Morgan fingerprint density at radius 1 is 0.623 bits per heavy atom. The van der Waals surface area contributed by atoms with Crippen LogP contribution in [0.4, 0.5) is 0 Å². The van der Waals surface area contributed by atoms with Crippen molar-refractivity contribution in [1.29, 1.82) is 0 Å². The fourth-order valence-electron chi connectivity index (χ4n) is 5.87. The summed E-state index contributed by atoms with van der Waals surface area (Å²) in [4.78, 5) is 38.6. The van der Waals surface area contributed by atoms with Crippen LogP contribution >= 0.6 is 0 Å². The lowest BCUT2D eigenvalue weighted by atomic mass is 10.1. The highest BCUT2D eigenvalue weighted by Crippen LogP contribution is 2.34. The zero-order chi connectivity index (χ0) is 38.4. The van der Waals surface area contributed by atoms with Gasteiger partial charge in [0.05, 0.1) is 6.61 Å². The molecule has 1 fully saturated rings. The number of cyclic esters (lactones) is 1. The van der Waals surface area contributed by atoms with E-state index >= 15 is 0 Å². The van der Waals surface area contributed by atoms with Gasteiger partial charge in [0, 0.05) is 12.8 Å². The molecule has 0 amide bonds. The highest BCUT2D eigenvalue weighted by atomic mass is 16.8. The van der Waals surface area contributed by atoms with Crippen LogP contribution in [-0.4, -0.2) is 42.5 Å². The largest absolute Gasteiger partial charge is 0.445 e. The van der Waals surface area contributed by atoms with Crippen molar-refractivity contribution in [3.63, 3.8) is 0 Å². The lowest BCUT2D eigenvalue weighted by Gasteiger charge is -2.21. The zero-order valence-electron chi connectivity index (χ0n) is 33.2. The van der Waals surface area contributed by atoms with Crippen LogP contribution in [0.25, 0.3) is 0 Å². The molecule has 2 aliphatic heterocycles. The van der Waals surface area contributed by atoms with Crippen molar-refractivity contribution in [3.8, 4) is 0 Å². The smallest absolute Gasteiger partial charge is 0.378 e. The lowest BCUT2D eigenvalue weighted by Crippen LogP contribution is -2.34. The van der Waals surface area contributed by atoms with Gasteiger partial charge < -0.3 is 23.7 Å². The van der Waals surface area contributed by atoms with Crippen LogP contribution in [-0.2, 0) is 38.1 Å². The number of carbonyl (C=O) groups is 3. The van der Waals surface area contributed by atoms with Crippen molar-refractivity contribution in [2.75, 3.05) is 6.61 Å². The number of allylic oxidation sites excluding steroid dienone is 12. The van der Waals surface area contributed by atoms with Gasteiger partial charge in [-0.2, -0.15) is 0 Å². The van der Waals surface area contributed by atoms with Crippen molar-refractivity contribution < 1.29 is 38.1 Å². The van der Waals surface area contributed by atoms with Crippen molar-refractivity contribution in [3.05, 3.63) is 84.4 Å². The maximum Gasteiger partial charge on any atom is 0.378 e. The van der Waals surface area contributed by atoms with E-state index in [0.717, 1.165) is 103 Å². The van der Waals surface area contributed by atoms with E-state index in [-0.39, 0.29) is 31.0 Å². The number of rotatable bonds is 29. The van der Waals surface area contributed by atoms with Crippen LogP contribution in [0.1, 0.15) is 156 Å². The fourth-order valence-corrected chi connectivity index (χ4v) is 5.87. The van der Waals surface area contributed by atoms with Crippen LogP contribution in [0.15, 0.2) is 84.4 Å². The van der Waals surface area contributed by atoms with E-state index in [1.807, 2.05) is 0 Å². The molecular weight excluding hydrogens is 668 g/mol. The quantitative estimate of drug-likeness (QED) is 0.0324. The van der Waals surface area contributed by atoms with Gasteiger partial charge in [-0.1, -0.05) is 125 Å². The molecule has 0 aliphatic carbocycles. The van der Waals surface area contributed by atoms with Gasteiger partial charge in [0.15, 0.2) is 11.9 Å². The molecule has 0 saturated carbocycles. The minimum Gasteiger partial charge on any atom is -0.445 e. The molecule has 2 aliphatic rings. The Kier molecular flexibility index (Phi) is 24.9. The van der Waals surface area contributed by atoms with Crippen molar-refractivity contribution in [2.45, 2.75) is 174 Å². The van der Waals surface area contributed by atoms with Gasteiger partial charge in [-0.05, 0) is 90.9 Å². The fraction of sp³-hybridized carbons (Fsp3) is 0.622. The highest BCUT2D eigenvalue weighted by Gasteiger charge is 2.49. The Morgan fingerprint density at radius 3 is 1.53 bits per heavy atom. The van der Waals surface area contributed by atoms with E-state index in [2.05, 4.69) is 86.8 Å². The van der Waals surface area contributed by atoms with Crippen molar-refractivity contribution in [2.24, 2.45) is 0 Å². The normalized spacial score (nSPS) is 19.1. The number of carbonyl (C=O) groups excluding carboxylic acids is 3. The minimum absolute atomic E-state index is 0.101. The number of hydrogen-bond acceptors (Lipinski definition) is 8. The molecule has 1 saturated heterocycles. The van der Waals surface area contributed by atoms with Crippen molar-refractivity contribution in [1.82, 2.24) is 0 Å². The topological polar surface area (TPSA) is 97.4 Å². The van der Waals surface area contributed by atoms with Gasteiger partial charge in [0.2, 0.25) is 5.76 Å². The molecule has 8 heteroatoms. The monoisotopic (exact) mass is 736 g/mol. The predicted molar refractivity (Wildman–Crippen MR) is 213 cm³/mol. The summed E-state index contributed by atoms with van der Waals surface area (Å²) in [6.45, 7) is 7.93. The molecule has 0 bridgehead atoms. The van der Waals surface area contributed by atoms with Gasteiger partial charge in [-0.15, -0.1) is 0 Å². The molecule has 0 aromatic heterocycles. The number of unbranched alkanes of at least 4 members (excludes halogenated alkanes) is 10. The Balaban J connectivity index is 1.72. The van der Waals surface area contributed by atoms with E-state index in [9.17, 15) is 14.4 Å². The average molecular weight is 737 g/mol. The second-order valence-electron chi connectivity index (χ2n) is 14.0. The SMILES string of the molecule is CCC=CCC=CCC=CCCCCCCCC(=O)OC1=C(OC(=O)CCCCCCCC=CCC=CCC=CCC)C(C2COC(C)(C)O2)OC1=O. The van der Waals surface area contributed by atoms with Gasteiger partial charge in [-0.3, -0.25) is 9.59 Å².